The number of hydrogen-bond donors (Lipinski definition) is 0. The first-order valence-corrected chi connectivity index (χ1v) is 9.08. The molecule has 2 aromatic carbocycles. The molecule has 0 fully saturated rings. The zero-order valence-corrected chi connectivity index (χ0v) is 16.1. The monoisotopic (exact) mass is 373 g/mol. The molecule has 4 aromatic rings. The molecule has 0 aliphatic carbocycles. The highest BCUT2D eigenvalue weighted by molar-refractivity contribution is 6.01. The van der Waals surface area contributed by atoms with Crippen molar-refractivity contribution in [3.8, 4) is 11.5 Å². The maximum absolute atomic E-state index is 13.4. The first-order chi connectivity index (χ1) is 13.4. The SMILES string of the molecule is COc1cc2c(c3c1c(=O)c1nc4ccccc4nc1n3C)C=CC(C)(C)O2. The molecule has 0 amide bonds. The Kier molecular flexibility index (Phi) is 3.32. The van der Waals surface area contributed by atoms with Gasteiger partial charge in [-0.15, -0.1) is 0 Å². The van der Waals surface area contributed by atoms with Gasteiger partial charge in [-0.1, -0.05) is 12.1 Å². The lowest BCUT2D eigenvalue weighted by Gasteiger charge is -2.29. The fourth-order valence-corrected chi connectivity index (χ4v) is 3.81. The number of pyridine rings is 1. The molecule has 0 unspecified atom stereocenters. The van der Waals surface area contributed by atoms with E-state index in [2.05, 4.69) is 4.98 Å². The van der Waals surface area contributed by atoms with Crippen LogP contribution in [0.4, 0.5) is 0 Å². The van der Waals surface area contributed by atoms with E-state index in [4.69, 9.17) is 14.5 Å². The van der Waals surface area contributed by atoms with E-state index in [1.807, 2.05) is 61.9 Å². The van der Waals surface area contributed by atoms with Gasteiger partial charge in [0.2, 0.25) is 5.43 Å². The Morgan fingerprint density at radius 1 is 1.14 bits per heavy atom. The van der Waals surface area contributed by atoms with Crippen molar-refractivity contribution < 1.29 is 9.47 Å². The van der Waals surface area contributed by atoms with Gasteiger partial charge in [0.15, 0.2) is 11.2 Å². The van der Waals surface area contributed by atoms with Gasteiger partial charge in [0, 0.05) is 18.7 Å². The molecule has 140 valence electrons. The Balaban J connectivity index is 2.02. The molecule has 28 heavy (non-hydrogen) atoms. The Bertz CT molecular complexity index is 1380. The minimum atomic E-state index is -0.433. The minimum Gasteiger partial charge on any atom is -0.496 e. The van der Waals surface area contributed by atoms with Crippen molar-refractivity contribution in [2.24, 2.45) is 7.05 Å². The van der Waals surface area contributed by atoms with Crippen LogP contribution in [0, 0.1) is 0 Å². The number of aromatic nitrogens is 3. The summed E-state index contributed by atoms with van der Waals surface area (Å²) in [4.78, 5) is 22.7. The molecular weight excluding hydrogens is 354 g/mol. The number of ether oxygens (including phenoxy) is 2. The predicted molar refractivity (Wildman–Crippen MR) is 110 cm³/mol. The molecule has 0 N–H and O–H groups in total. The van der Waals surface area contributed by atoms with Crippen LogP contribution in [-0.2, 0) is 7.05 Å². The molecule has 0 atom stereocenters. The Labute approximate surface area is 161 Å². The average Bonchev–Trinajstić information content (AvgIpc) is 2.68. The fourth-order valence-electron chi connectivity index (χ4n) is 3.81. The Hall–Kier alpha value is -3.41. The molecule has 0 bridgehead atoms. The molecule has 6 nitrogen and oxygen atoms in total. The normalized spacial score (nSPS) is 15.0. The van der Waals surface area contributed by atoms with Crippen LogP contribution in [0.25, 0.3) is 39.2 Å². The molecule has 0 saturated carbocycles. The summed E-state index contributed by atoms with van der Waals surface area (Å²) in [5.41, 5.74) is 3.23. The number of fused-ring (bicyclic) bond motifs is 5. The predicted octanol–water partition coefficient (Wildman–Crippen LogP) is 3.83. The molecule has 1 aliphatic heterocycles. The third-order valence-electron chi connectivity index (χ3n) is 5.16. The molecule has 2 aromatic heterocycles. The first-order valence-electron chi connectivity index (χ1n) is 9.08. The van der Waals surface area contributed by atoms with Crippen LogP contribution in [0.5, 0.6) is 11.5 Å². The van der Waals surface area contributed by atoms with Crippen molar-refractivity contribution in [2.75, 3.05) is 7.11 Å². The number of para-hydroxylation sites is 2. The third kappa shape index (κ3) is 2.24. The maximum Gasteiger partial charge on any atom is 0.221 e. The van der Waals surface area contributed by atoms with Crippen molar-refractivity contribution in [1.82, 2.24) is 14.5 Å². The van der Waals surface area contributed by atoms with Gasteiger partial charge >= 0.3 is 0 Å². The lowest BCUT2D eigenvalue weighted by atomic mass is 9.99. The number of nitrogens with zero attached hydrogens (tertiary/aromatic N) is 3. The first kappa shape index (κ1) is 16.7. The average molecular weight is 373 g/mol. The number of aryl methyl sites for hydroxylation is 1. The van der Waals surface area contributed by atoms with Crippen LogP contribution < -0.4 is 14.9 Å². The van der Waals surface area contributed by atoms with E-state index in [0.29, 0.717) is 33.6 Å². The highest BCUT2D eigenvalue weighted by Crippen LogP contribution is 2.40. The largest absolute Gasteiger partial charge is 0.496 e. The smallest absolute Gasteiger partial charge is 0.221 e. The van der Waals surface area contributed by atoms with E-state index < -0.39 is 5.60 Å². The van der Waals surface area contributed by atoms with Crippen LogP contribution in [0.2, 0.25) is 0 Å². The standard InChI is InChI=1S/C22H19N3O3/c1-22(2)10-9-12-15(28-22)11-16(27-4)17-19(12)25(3)21-18(20(17)26)23-13-7-5-6-8-14(13)24-21/h5-11H,1-4H3. The molecule has 0 radical (unpaired) electrons. The Morgan fingerprint density at radius 2 is 1.86 bits per heavy atom. The van der Waals surface area contributed by atoms with Gasteiger partial charge in [-0.05, 0) is 38.1 Å². The summed E-state index contributed by atoms with van der Waals surface area (Å²) in [6, 6.07) is 9.32. The molecule has 0 spiro atoms. The van der Waals surface area contributed by atoms with Gasteiger partial charge in [-0.3, -0.25) is 4.79 Å². The van der Waals surface area contributed by atoms with E-state index in [-0.39, 0.29) is 5.43 Å². The van der Waals surface area contributed by atoms with Crippen LogP contribution >= 0.6 is 0 Å². The van der Waals surface area contributed by atoms with E-state index >= 15 is 0 Å². The van der Waals surface area contributed by atoms with Crippen molar-refractivity contribution in [3.63, 3.8) is 0 Å². The summed E-state index contributed by atoms with van der Waals surface area (Å²) in [6.07, 6.45) is 3.99. The summed E-state index contributed by atoms with van der Waals surface area (Å²) in [6.45, 7) is 3.97. The van der Waals surface area contributed by atoms with Gasteiger partial charge in [0.25, 0.3) is 0 Å². The van der Waals surface area contributed by atoms with Crippen LogP contribution in [-0.4, -0.2) is 27.2 Å². The topological polar surface area (TPSA) is 66.2 Å². The molecule has 1 aliphatic rings. The van der Waals surface area contributed by atoms with Crippen molar-refractivity contribution in [2.45, 2.75) is 19.4 Å². The van der Waals surface area contributed by atoms with E-state index in [1.54, 1.807) is 13.2 Å². The van der Waals surface area contributed by atoms with E-state index in [9.17, 15) is 4.79 Å². The molecule has 6 heteroatoms. The lowest BCUT2D eigenvalue weighted by Crippen LogP contribution is -2.28. The summed E-state index contributed by atoms with van der Waals surface area (Å²) in [5, 5.41) is 0.480. The second-order valence-corrected chi connectivity index (χ2v) is 7.53. The Morgan fingerprint density at radius 3 is 2.57 bits per heavy atom. The fraction of sp³-hybridized carbons (Fsp3) is 0.227. The quantitative estimate of drug-likeness (QED) is 0.475. The molecule has 3 heterocycles. The highest BCUT2D eigenvalue weighted by Gasteiger charge is 2.27. The van der Waals surface area contributed by atoms with Gasteiger partial charge in [-0.2, -0.15) is 0 Å². The van der Waals surface area contributed by atoms with E-state index in [1.165, 1.54) is 0 Å². The minimum absolute atomic E-state index is 0.195. The highest BCUT2D eigenvalue weighted by atomic mass is 16.5. The van der Waals surface area contributed by atoms with Gasteiger partial charge in [0.05, 0.1) is 29.0 Å². The second-order valence-electron chi connectivity index (χ2n) is 7.53. The van der Waals surface area contributed by atoms with E-state index in [0.717, 1.165) is 16.6 Å². The lowest BCUT2D eigenvalue weighted by molar-refractivity contribution is 0.159. The molecular formula is C22H19N3O3. The second kappa shape index (κ2) is 5.55. The van der Waals surface area contributed by atoms with Crippen molar-refractivity contribution >= 4 is 39.2 Å². The number of hydrogen-bond acceptors (Lipinski definition) is 5. The van der Waals surface area contributed by atoms with Gasteiger partial charge in [0.1, 0.15) is 17.1 Å². The molecule has 5 rings (SSSR count). The summed E-state index contributed by atoms with van der Waals surface area (Å²) in [5.74, 6) is 1.15. The number of benzene rings is 2. The van der Waals surface area contributed by atoms with Crippen LogP contribution in [0.3, 0.4) is 0 Å². The number of rotatable bonds is 1. The summed E-state index contributed by atoms with van der Waals surface area (Å²) in [7, 11) is 3.45. The van der Waals surface area contributed by atoms with Crippen LogP contribution in [0.15, 0.2) is 41.2 Å². The summed E-state index contributed by atoms with van der Waals surface area (Å²) >= 11 is 0. The summed E-state index contributed by atoms with van der Waals surface area (Å²) < 4.78 is 13.6. The number of methoxy groups -OCH3 is 1. The van der Waals surface area contributed by atoms with Crippen molar-refractivity contribution in [1.29, 1.82) is 0 Å². The van der Waals surface area contributed by atoms with Crippen LogP contribution in [0.1, 0.15) is 19.4 Å². The van der Waals surface area contributed by atoms with Gasteiger partial charge < -0.3 is 14.0 Å². The molecule has 0 saturated heterocycles. The zero-order valence-electron chi connectivity index (χ0n) is 16.1. The van der Waals surface area contributed by atoms with Crippen molar-refractivity contribution in [3.05, 3.63) is 52.2 Å². The zero-order chi connectivity index (χ0) is 19.6. The van der Waals surface area contributed by atoms with Gasteiger partial charge in [-0.25, -0.2) is 9.97 Å². The third-order valence-corrected chi connectivity index (χ3v) is 5.16. The maximum atomic E-state index is 13.4.